The number of halogens is 1. The lowest BCUT2D eigenvalue weighted by atomic mass is 10.0. The van der Waals surface area contributed by atoms with Gasteiger partial charge in [0.2, 0.25) is 10.0 Å². The van der Waals surface area contributed by atoms with Gasteiger partial charge in [0, 0.05) is 0 Å². The zero-order valence-corrected chi connectivity index (χ0v) is 19.7. The van der Waals surface area contributed by atoms with E-state index in [1.54, 1.807) is 10.9 Å². The van der Waals surface area contributed by atoms with E-state index in [1.165, 1.54) is 12.1 Å². The van der Waals surface area contributed by atoms with E-state index in [1.807, 2.05) is 54.6 Å². The quantitative estimate of drug-likeness (QED) is 0.353. The fourth-order valence-electron chi connectivity index (χ4n) is 3.95. The van der Waals surface area contributed by atoms with Crippen molar-refractivity contribution < 1.29 is 17.5 Å². The summed E-state index contributed by atoms with van der Waals surface area (Å²) in [4.78, 5) is -0.00304. The number of sulfonamides is 1. The summed E-state index contributed by atoms with van der Waals surface area (Å²) in [6.45, 7) is 0.496. The minimum absolute atomic E-state index is 0.00304. The number of benzene rings is 3. The van der Waals surface area contributed by atoms with E-state index in [4.69, 9.17) is 4.74 Å². The SMILES string of the molecule is O=S(=O)(NCc1cn(C(c2ccc(OCc3ccccc3)cc2)C2CC2)nn1)c1ccc(F)cc1. The molecule has 1 aliphatic carbocycles. The molecule has 3 aromatic carbocycles. The van der Waals surface area contributed by atoms with Crippen molar-refractivity contribution in [1.82, 2.24) is 19.7 Å². The molecule has 0 spiro atoms. The lowest BCUT2D eigenvalue weighted by Gasteiger charge is -2.17. The lowest BCUT2D eigenvalue weighted by molar-refractivity contribution is 0.306. The molecule has 0 bridgehead atoms. The molecule has 1 aliphatic rings. The second-order valence-corrected chi connectivity index (χ2v) is 10.4. The highest BCUT2D eigenvalue weighted by Crippen LogP contribution is 2.43. The maximum absolute atomic E-state index is 13.1. The third-order valence-corrected chi connectivity index (χ3v) is 7.37. The smallest absolute Gasteiger partial charge is 0.240 e. The summed E-state index contributed by atoms with van der Waals surface area (Å²) in [7, 11) is -3.78. The molecule has 1 atom stereocenters. The van der Waals surface area contributed by atoms with E-state index in [2.05, 4.69) is 15.0 Å². The van der Waals surface area contributed by atoms with Crippen molar-refractivity contribution in [1.29, 1.82) is 0 Å². The lowest BCUT2D eigenvalue weighted by Crippen LogP contribution is -2.23. The van der Waals surface area contributed by atoms with Crippen molar-refractivity contribution in [3.8, 4) is 5.75 Å². The number of aromatic nitrogens is 3. The zero-order chi connectivity index (χ0) is 24.3. The molecule has 0 amide bonds. The van der Waals surface area contributed by atoms with Crippen molar-refractivity contribution in [2.75, 3.05) is 0 Å². The molecule has 7 nitrogen and oxygen atoms in total. The Kier molecular flexibility index (Phi) is 6.61. The first-order chi connectivity index (χ1) is 17.0. The second kappa shape index (κ2) is 9.97. The molecule has 1 fully saturated rings. The van der Waals surface area contributed by atoms with E-state index >= 15 is 0 Å². The minimum Gasteiger partial charge on any atom is -0.489 e. The first-order valence-corrected chi connectivity index (χ1v) is 12.9. The van der Waals surface area contributed by atoms with Crippen LogP contribution in [0.5, 0.6) is 5.75 Å². The van der Waals surface area contributed by atoms with E-state index in [9.17, 15) is 12.8 Å². The summed E-state index contributed by atoms with van der Waals surface area (Å²) in [6, 6.07) is 22.7. The molecule has 0 aliphatic heterocycles. The van der Waals surface area contributed by atoms with Gasteiger partial charge in [-0.3, -0.25) is 0 Å². The van der Waals surface area contributed by atoms with Gasteiger partial charge in [0.1, 0.15) is 18.2 Å². The maximum Gasteiger partial charge on any atom is 0.240 e. The van der Waals surface area contributed by atoms with Gasteiger partial charge in [-0.2, -0.15) is 0 Å². The molecule has 1 N–H and O–H groups in total. The Balaban J connectivity index is 1.25. The van der Waals surface area contributed by atoms with Crippen LogP contribution in [0.2, 0.25) is 0 Å². The van der Waals surface area contributed by atoms with Crippen molar-refractivity contribution in [2.45, 2.75) is 36.9 Å². The average Bonchev–Trinajstić information content (AvgIpc) is 3.60. The van der Waals surface area contributed by atoms with Gasteiger partial charge in [0.25, 0.3) is 0 Å². The summed E-state index contributed by atoms with van der Waals surface area (Å²) in [5.41, 5.74) is 2.71. The summed E-state index contributed by atoms with van der Waals surface area (Å²) in [6.07, 6.45) is 3.97. The first-order valence-electron chi connectivity index (χ1n) is 11.4. The number of hydrogen-bond acceptors (Lipinski definition) is 5. The van der Waals surface area contributed by atoms with Crippen LogP contribution >= 0.6 is 0 Å². The second-order valence-electron chi connectivity index (χ2n) is 8.59. The Morgan fingerprint density at radius 2 is 1.71 bits per heavy atom. The summed E-state index contributed by atoms with van der Waals surface area (Å²) < 4.78 is 48.3. The fraction of sp³-hybridized carbons (Fsp3) is 0.231. The van der Waals surface area contributed by atoms with Crippen LogP contribution in [0.15, 0.2) is 90.0 Å². The molecule has 1 saturated carbocycles. The predicted octanol–water partition coefficient (Wildman–Crippen LogP) is 4.47. The number of ether oxygens (including phenoxy) is 1. The molecule has 0 saturated heterocycles. The van der Waals surface area contributed by atoms with Crippen LogP contribution < -0.4 is 9.46 Å². The zero-order valence-electron chi connectivity index (χ0n) is 18.9. The van der Waals surface area contributed by atoms with Crippen molar-refractivity contribution in [3.63, 3.8) is 0 Å². The molecular formula is C26H25FN4O3S. The van der Waals surface area contributed by atoms with Gasteiger partial charge < -0.3 is 4.74 Å². The molecule has 1 heterocycles. The minimum atomic E-state index is -3.78. The Hall–Kier alpha value is -3.56. The molecular weight excluding hydrogens is 467 g/mol. The Labute approximate surface area is 203 Å². The van der Waals surface area contributed by atoms with Crippen LogP contribution in [0.25, 0.3) is 0 Å². The standard InChI is InChI=1S/C26H25FN4O3S/c27-22-10-14-25(15-11-22)35(32,33)28-16-23-17-31(30-29-23)26(20-6-7-20)21-8-12-24(13-9-21)34-18-19-4-2-1-3-5-19/h1-5,8-15,17,20,26,28H,6-7,16,18H2. The highest BCUT2D eigenvalue weighted by Gasteiger charge is 2.34. The van der Waals surface area contributed by atoms with Gasteiger partial charge in [0.15, 0.2) is 0 Å². The predicted molar refractivity (Wildman–Crippen MR) is 129 cm³/mol. The normalized spacial score (nSPS) is 14.5. The Morgan fingerprint density at radius 1 is 1.00 bits per heavy atom. The maximum atomic E-state index is 13.1. The van der Waals surface area contributed by atoms with E-state index in [-0.39, 0.29) is 17.5 Å². The number of rotatable bonds is 10. The highest BCUT2D eigenvalue weighted by atomic mass is 32.2. The van der Waals surface area contributed by atoms with Crippen LogP contribution in [0.3, 0.4) is 0 Å². The Bertz CT molecular complexity index is 1370. The molecule has 5 rings (SSSR count). The van der Waals surface area contributed by atoms with Gasteiger partial charge in [-0.15, -0.1) is 5.10 Å². The molecule has 1 unspecified atom stereocenters. The molecule has 4 aromatic rings. The van der Waals surface area contributed by atoms with Crippen molar-refractivity contribution in [2.24, 2.45) is 5.92 Å². The van der Waals surface area contributed by atoms with E-state index in [0.29, 0.717) is 18.2 Å². The van der Waals surface area contributed by atoms with Crippen LogP contribution in [0, 0.1) is 11.7 Å². The molecule has 180 valence electrons. The number of hydrogen-bond donors (Lipinski definition) is 1. The number of nitrogens with zero attached hydrogens (tertiary/aromatic N) is 3. The fourth-order valence-corrected chi connectivity index (χ4v) is 4.95. The van der Waals surface area contributed by atoms with Crippen molar-refractivity contribution >= 4 is 10.0 Å². The molecule has 9 heteroatoms. The topological polar surface area (TPSA) is 86.1 Å². The Morgan fingerprint density at radius 3 is 2.40 bits per heavy atom. The molecule has 1 aromatic heterocycles. The third kappa shape index (κ3) is 5.75. The van der Waals surface area contributed by atoms with Gasteiger partial charge in [-0.05, 0) is 66.3 Å². The van der Waals surface area contributed by atoms with E-state index < -0.39 is 15.8 Å². The first kappa shape index (κ1) is 23.2. The summed E-state index contributed by atoms with van der Waals surface area (Å²) >= 11 is 0. The van der Waals surface area contributed by atoms with E-state index in [0.717, 1.165) is 41.9 Å². The van der Waals surface area contributed by atoms with Gasteiger partial charge in [0.05, 0.1) is 29.4 Å². The average molecular weight is 493 g/mol. The van der Waals surface area contributed by atoms with Gasteiger partial charge >= 0.3 is 0 Å². The van der Waals surface area contributed by atoms with Gasteiger partial charge in [-0.1, -0.05) is 47.7 Å². The van der Waals surface area contributed by atoms with Crippen molar-refractivity contribution in [3.05, 3.63) is 108 Å². The van der Waals surface area contributed by atoms with Gasteiger partial charge in [-0.25, -0.2) is 22.2 Å². The monoisotopic (exact) mass is 492 g/mol. The largest absolute Gasteiger partial charge is 0.489 e. The number of nitrogens with one attached hydrogen (secondary N) is 1. The summed E-state index contributed by atoms with van der Waals surface area (Å²) in [5.74, 6) is 0.756. The van der Waals surface area contributed by atoms with Crippen LogP contribution in [-0.2, 0) is 23.2 Å². The molecule has 0 radical (unpaired) electrons. The van der Waals surface area contributed by atoms with Crippen LogP contribution in [0.1, 0.15) is 35.7 Å². The summed E-state index contributed by atoms with van der Waals surface area (Å²) in [5, 5.41) is 8.45. The highest BCUT2D eigenvalue weighted by molar-refractivity contribution is 7.89. The molecule has 35 heavy (non-hydrogen) atoms. The van der Waals surface area contributed by atoms with Crippen LogP contribution in [0.4, 0.5) is 4.39 Å². The third-order valence-electron chi connectivity index (χ3n) is 5.95. The van der Waals surface area contributed by atoms with Crippen LogP contribution in [-0.4, -0.2) is 23.4 Å².